The van der Waals surface area contributed by atoms with Gasteiger partial charge in [-0.2, -0.15) is 5.26 Å². The molecule has 0 saturated carbocycles. The lowest BCUT2D eigenvalue weighted by Gasteiger charge is -2.13. The van der Waals surface area contributed by atoms with Crippen LogP contribution >= 0.6 is 0 Å². The Morgan fingerprint density at radius 3 is 2.56 bits per heavy atom. The minimum absolute atomic E-state index is 0.188. The van der Waals surface area contributed by atoms with Crippen LogP contribution in [0.4, 0.5) is 4.79 Å². The second-order valence-electron chi connectivity index (χ2n) is 6.15. The number of fused-ring (bicyclic) bond motifs is 1. The number of amides is 3. The molecule has 0 aliphatic carbocycles. The maximum absolute atomic E-state index is 11.9. The SMILES string of the molecule is Cc1cc(/C=C(\C#N)C(=O)NC(N)=O)c(C)n1-c1cccc2ccccc12. The van der Waals surface area contributed by atoms with Crippen LogP contribution in [0.15, 0.2) is 54.1 Å². The molecule has 3 N–H and O–H groups in total. The smallest absolute Gasteiger partial charge is 0.319 e. The molecule has 0 unspecified atom stereocenters. The van der Waals surface area contributed by atoms with Crippen molar-refractivity contribution in [2.45, 2.75) is 13.8 Å². The van der Waals surface area contributed by atoms with Gasteiger partial charge < -0.3 is 10.3 Å². The van der Waals surface area contributed by atoms with Crippen LogP contribution in [0, 0.1) is 25.2 Å². The van der Waals surface area contributed by atoms with E-state index in [0.717, 1.165) is 33.4 Å². The molecule has 0 fully saturated rings. The van der Waals surface area contributed by atoms with Gasteiger partial charge in [0, 0.05) is 16.8 Å². The summed E-state index contributed by atoms with van der Waals surface area (Å²) < 4.78 is 2.08. The van der Waals surface area contributed by atoms with Gasteiger partial charge in [-0.15, -0.1) is 0 Å². The topological polar surface area (TPSA) is 101 Å². The Kier molecular flexibility index (Phi) is 4.77. The fraction of sp³-hybridized carbons (Fsp3) is 0.0952. The second kappa shape index (κ2) is 7.18. The van der Waals surface area contributed by atoms with E-state index in [-0.39, 0.29) is 5.57 Å². The van der Waals surface area contributed by atoms with Gasteiger partial charge in [0.2, 0.25) is 0 Å². The monoisotopic (exact) mass is 358 g/mol. The van der Waals surface area contributed by atoms with E-state index in [4.69, 9.17) is 5.73 Å². The maximum atomic E-state index is 11.9. The zero-order chi connectivity index (χ0) is 19.6. The Bertz CT molecular complexity index is 1130. The Morgan fingerprint density at radius 2 is 1.85 bits per heavy atom. The van der Waals surface area contributed by atoms with Crippen LogP contribution in [0.25, 0.3) is 22.5 Å². The first kappa shape index (κ1) is 18.0. The molecule has 2 aromatic carbocycles. The summed E-state index contributed by atoms with van der Waals surface area (Å²) in [5.74, 6) is -0.819. The number of hydrogen-bond donors (Lipinski definition) is 2. The number of rotatable bonds is 3. The van der Waals surface area contributed by atoms with Crippen molar-refractivity contribution >= 4 is 28.8 Å². The number of carbonyl (C=O) groups is 2. The minimum atomic E-state index is -0.998. The van der Waals surface area contributed by atoms with Gasteiger partial charge in [0.25, 0.3) is 5.91 Å². The molecule has 6 nitrogen and oxygen atoms in total. The van der Waals surface area contributed by atoms with E-state index in [9.17, 15) is 14.9 Å². The molecule has 1 heterocycles. The molecule has 3 aromatic rings. The number of urea groups is 1. The molecule has 0 saturated heterocycles. The lowest BCUT2D eigenvalue weighted by Crippen LogP contribution is -2.35. The number of aryl methyl sites for hydroxylation is 1. The Labute approximate surface area is 156 Å². The van der Waals surface area contributed by atoms with Crippen molar-refractivity contribution in [2.75, 3.05) is 0 Å². The van der Waals surface area contributed by atoms with Gasteiger partial charge >= 0.3 is 6.03 Å². The number of nitrogens with two attached hydrogens (primary N) is 1. The number of carbonyl (C=O) groups excluding carboxylic acids is 2. The molecule has 0 radical (unpaired) electrons. The van der Waals surface area contributed by atoms with E-state index in [2.05, 4.69) is 22.8 Å². The summed E-state index contributed by atoms with van der Waals surface area (Å²) in [5.41, 5.74) is 8.34. The summed E-state index contributed by atoms with van der Waals surface area (Å²) in [7, 11) is 0. The fourth-order valence-electron chi connectivity index (χ4n) is 3.19. The molecule has 0 atom stereocenters. The van der Waals surface area contributed by atoms with Crippen molar-refractivity contribution < 1.29 is 9.59 Å². The molecule has 27 heavy (non-hydrogen) atoms. The predicted octanol–water partition coefficient (Wildman–Crippen LogP) is 3.35. The molecular formula is C21H18N4O2. The number of nitrogens with zero attached hydrogens (tertiary/aromatic N) is 2. The quantitative estimate of drug-likeness (QED) is 0.554. The van der Waals surface area contributed by atoms with E-state index < -0.39 is 11.9 Å². The Hall–Kier alpha value is -3.85. The molecule has 0 aliphatic rings. The van der Waals surface area contributed by atoms with Crippen LogP contribution in [0.5, 0.6) is 0 Å². The first-order chi connectivity index (χ1) is 12.9. The lowest BCUT2D eigenvalue weighted by atomic mass is 10.1. The summed E-state index contributed by atoms with van der Waals surface area (Å²) in [6.45, 7) is 3.88. The summed E-state index contributed by atoms with van der Waals surface area (Å²) in [6.07, 6.45) is 1.46. The maximum Gasteiger partial charge on any atom is 0.319 e. The number of hydrogen-bond acceptors (Lipinski definition) is 3. The van der Waals surface area contributed by atoms with Gasteiger partial charge in [-0.05, 0) is 43.0 Å². The molecule has 0 bridgehead atoms. The van der Waals surface area contributed by atoms with Crippen LogP contribution in [0.2, 0.25) is 0 Å². The van der Waals surface area contributed by atoms with Gasteiger partial charge in [-0.1, -0.05) is 36.4 Å². The normalized spacial score (nSPS) is 11.2. The largest absolute Gasteiger partial charge is 0.351 e. The summed E-state index contributed by atoms with van der Waals surface area (Å²) in [5, 5.41) is 13.4. The van der Waals surface area contributed by atoms with Crippen LogP contribution < -0.4 is 11.1 Å². The molecule has 3 rings (SSSR count). The minimum Gasteiger partial charge on any atom is -0.351 e. The third-order valence-electron chi connectivity index (χ3n) is 4.38. The first-order valence-corrected chi connectivity index (χ1v) is 8.32. The van der Waals surface area contributed by atoms with E-state index >= 15 is 0 Å². The number of aromatic nitrogens is 1. The molecule has 134 valence electrons. The summed E-state index contributed by atoms with van der Waals surface area (Å²) in [4.78, 5) is 22.8. The van der Waals surface area contributed by atoms with Crippen LogP contribution in [-0.4, -0.2) is 16.5 Å². The highest BCUT2D eigenvalue weighted by molar-refractivity contribution is 6.08. The van der Waals surface area contributed by atoms with Gasteiger partial charge in [-0.25, -0.2) is 4.79 Å². The number of primary amides is 1. The van der Waals surface area contributed by atoms with Gasteiger partial charge in [-0.3, -0.25) is 10.1 Å². The first-order valence-electron chi connectivity index (χ1n) is 8.32. The average Bonchev–Trinajstić information content (AvgIpc) is 2.91. The van der Waals surface area contributed by atoms with Crippen LogP contribution in [0.1, 0.15) is 17.0 Å². The number of nitriles is 1. The zero-order valence-corrected chi connectivity index (χ0v) is 15.0. The summed E-state index contributed by atoms with van der Waals surface area (Å²) >= 11 is 0. The molecule has 6 heteroatoms. The van der Waals surface area contributed by atoms with Crippen molar-refractivity contribution in [1.82, 2.24) is 9.88 Å². The molecule has 0 spiro atoms. The van der Waals surface area contributed by atoms with E-state index in [1.54, 1.807) is 0 Å². The highest BCUT2D eigenvalue weighted by atomic mass is 16.2. The van der Waals surface area contributed by atoms with Gasteiger partial charge in [0.05, 0.1) is 5.69 Å². The van der Waals surface area contributed by atoms with Gasteiger partial charge in [0.15, 0.2) is 0 Å². The molecule has 3 amide bonds. The second-order valence-corrected chi connectivity index (χ2v) is 6.15. The third-order valence-corrected chi connectivity index (χ3v) is 4.38. The van der Waals surface area contributed by atoms with Crippen molar-refractivity contribution in [1.29, 1.82) is 5.26 Å². The van der Waals surface area contributed by atoms with Crippen LogP contribution in [-0.2, 0) is 4.79 Å². The molecule has 1 aromatic heterocycles. The van der Waals surface area contributed by atoms with Crippen LogP contribution in [0.3, 0.4) is 0 Å². The molecular weight excluding hydrogens is 340 g/mol. The lowest BCUT2D eigenvalue weighted by molar-refractivity contribution is -0.115. The molecule has 0 aliphatic heterocycles. The van der Waals surface area contributed by atoms with E-state index in [0.29, 0.717) is 0 Å². The fourth-order valence-corrected chi connectivity index (χ4v) is 3.19. The highest BCUT2D eigenvalue weighted by Gasteiger charge is 2.15. The number of benzene rings is 2. The predicted molar refractivity (Wildman–Crippen MR) is 104 cm³/mol. The number of imide groups is 1. The van der Waals surface area contributed by atoms with Crippen molar-refractivity contribution in [3.63, 3.8) is 0 Å². The van der Waals surface area contributed by atoms with E-state index in [1.165, 1.54) is 6.08 Å². The highest BCUT2D eigenvalue weighted by Crippen LogP contribution is 2.28. The Balaban J connectivity index is 2.13. The van der Waals surface area contributed by atoms with Crippen molar-refractivity contribution in [3.8, 4) is 11.8 Å². The Morgan fingerprint density at radius 1 is 1.15 bits per heavy atom. The standard InChI is InChI=1S/C21H18N4O2/c1-13-10-16(11-17(12-22)20(26)24-21(23)27)14(2)25(13)19-9-5-7-15-6-3-4-8-18(15)19/h3-11H,1-2H3,(H3,23,24,26,27)/b17-11+. The van der Waals surface area contributed by atoms with Crippen molar-refractivity contribution in [3.05, 3.63) is 71.1 Å². The van der Waals surface area contributed by atoms with Gasteiger partial charge in [0.1, 0.15) is 11.6 Å². The zero-order valence-electron chi connectivity index (χ0n) is 15.0. The third kappa shape index (κ3) is 3.44. The van der Waals surface area contributed by atoms with E-state index in [1.807, 2.05) is 55.6 Å². The van der Waals surface area contributed by atoms with Crippen molar-refractivity contribution in [2.24, 2.45) is 5.73 Å². The average molecular weight is 358 g/mol. The summed E-state index contributed by atoms with van der Waals surface area (Å²) in [6, 6.07) is 16.9. The number of nitrogens with one attached hydrogen (secondary N) is 1.